The van der Waals surface area contributed by atoms with Crippen LogP contribution in [-0.4, -0.2) is 30.5 Å². The van der Waals surface area contributed by atoms with E-state index in [1.165, 1.54) is 27.8 Å². The van der Waals surface area contributed by atoms with Crippen LogP contribution in [0.3, 0.4) is 0 Å². The summed E-state index contributed by atoms with van der Waals surface area (Å²) in [7, 11) is 0. The van der Waals surface area contributed by atoms with Crippen LogP contribution in [0.25, 0.3) is 0 Å². The molecule has 0 aliphatic rings. The molecule has 31 heavy (non-hydrogen) atoms. The summed E-state index contributed by atoms with van der Waals surface area (Å²) >= 11 is 0. The lowest BCUT2D eigenvalue weighted by Gasteiger charge is -2.09. The summed E-state index contributed by atoms with van der Waals surface area (Å²) in [4.78, 5) is 16.5. The number of nitrogens with one attached hydrogen (secondary N) is 1. The van der Waals surface area contributed by atoms with Gasteiger partial charge in [0.25, 0.3) is 5.91 Å². The summed E-state index contributed by atoms with van der Waals surface area (Å²) in [6, 6.07) is 13.8. The molecule has 0 unspecified atom stereocenters. The van der Waals surface area contributed by atoms with E-state index in [1.54, 1.807) is 24.4 Å². The second-order valence-corrected chi connectivity index (χ2v) is 7.13. The van der Waals surface area contributed by atoms with Crippen LogP contribution < -0.4 is 10.1 Å². The number of nitrogens with zero attached hydrogens (tertiary/aromatic N) is 5. The summed E-state index contributed by atoms with van der Waals surface area (Å²) in [6.07, 6.45) is 3.13. The second-order valence-electron chi connectivity index (χ2n) is 7.13. The monoisotopic (exact) mass is 420 g/mol. The number of ether oxygens (including phenoxy) is 1. The molecule has 1 N–H and O–H groups in total. The van der Waals surface area contributed by atoms with Crippen LogP contribution in [-0.2, 0) is 13.3 Å². The molecule has 0 saturated heterocycles. The average Bonchev–Trinajstić information content (AvgIpc) is 3.38. The van der Waals surface area contributed by atoms with Crippen LogP contribution in [0.2, 0.25) is 0 Å². The third-order valence-corrected chi connectivity index (χ3v) is 4.56. The molecule has 0 bridgehead atoms. The first kappa shape index (κ1) is 20.3. The first-order chi connectivity index (χ1) is 15.0. The second kappa shape index (κ2) is 8.78. The molecule has 0 saturated carbocycles. The van der Waals surface area contributed by atoms with E-state index in [1.807, 2.05) is 32.0 Å². The number of halogens is 1. The molecular weight excluding hydrogens is 399 g/mol. The standard InChI is InChI=1S/C22H21FN6O2/c1-15-6-7-16(2)20(10-15)31-14-28-9-8-19(26-28)21(30)25-22-24-13-29(27-22)12-17-4-3-5-18(23)11-17/h3-11,13H,12,14H2,1-2H3,(H,25,27,30). The fourth-order valence-corrected chi connectivity index (χ4v) is 2.97. The fourth-order valence-electron chi connectivity index (χ4n) is 2.97. The minimum atomic E-state index is -0.436. The van der Waals surface area contributed by atoms with E-state index in [2.05, 4.69) is 20.5 Å². The van der Waals surface area contributed by atoms with E-state index in [4.69, 9.17) is 4.74 Å². The smallest absolute Gasteiger partial charge is 0.278 e. The van der Waals surface area contributed by atoms with Gasteiger partial charge in [-0.2, -0.15) is 5.10 Å². The van der Waals surface area contributed by atoms with Crippen molar-refractivity contribution in [2.24, 2.45) is 0 Å². The quantitative estimate of drug-likeness (QED) is 0.494. The molecule has 9 heteroatoms. The van der Waals surface area contributed by atoms with Crippen molar-refractivity contribution in [3.63, 3.8) is 0 Å². The Kier molecular flexibility index (Phi) is 5.74. The van der Waals surface area contributed by atoms with E-state index in [0.29, 0.717) is 6.54 Å². The van der Waals surface area contributed by atoms with Crippen LogP contribution in [0, 0.1) is 19.7 Å². The maximum Gasteiger partial charge on any atom is 0.278 e. The highest BCUT2D eigenvalue weighted by Gasteiger charge is 2.13. The van der Waals surface area contributed by atoms with Gasteiger partial charge in [0, 0.05) is 6.20 Å². The van der Waals surface area contributed by atoms with Crippen molar-refractivity contribution >= 4 is 11.9 Å². The summed E-state index contributed by atoms with van der Waals surface area (Å²) in [6.45, 7) is 4.48. The predicted molar refractivity (Wildman–Crippen MR) is 112 cm³/mol. The van der Waals surface area contributed by atoms with Gasteiger partial charge in [0.05, 0.1) is 6.54 Å². The topological polar surface area (TPSA) is 86.9 Å². The highest BCUT2D eigenvalue weighted by molar-refractivity contribution is 6.01. The van der Waals surface area contributed by atoms with Gasteiger partial charge in [0.1, 0.15) is 17.9 Å². The molecule has 2 aromatic carbocycles. The van der Waals surface area contributed by atoms with Crippen molar-refractivity contribution in [3.05, 3.63) is 89.3 Å². The number of hydrogen-bond donors (Lipinski definition) is 1. The number of carbonyl (C=O) groups is 1. The van der Waals surface area contributed by atoms with Crippen molar-refractivity contribution < 1.29 is 13.9 Å². The first-order valence-corrected chi connectivity index (χ1v) is 9.65. The van der Waals surface area contributed by atoms with Gasteiger partial charge in [-0.05, 0) is 54.8 Å². The fraction of sp³-hybridized carbons (Fsp3) is 0.182. The number of anilines is 1. The molecular formula is C22H21FN6O2. The Morgan fingerprint density at radius 1 is 1.10 bits per heavy atom. The highest BCUT2D eigenvalue weighted by Crippen LogP contribution is 2.19. The number of benzene rings is 2. The van der Waals surface area contributed by atoms with Gasteiger partial charge in [-0.25, -0.2) is 18.7 Å². The lowest BCUT2D eigenvalue weighted by Crippen LogP contribution is -2.15. The van der Waals surface area contributed by atoms with Gasteiger partial charge in [0.15, 0.2) is 12.4 Å². The van der Waals surface area contributed by atoms with Crippen molar-refractivity contribution in [2.75, 3.05) is 5.32 Å². The zero-order valence-corrected chi connectivity index (χ0v) is 17.1. The van der Waals surface area contributed by atoms with Crippen LogP contribution >= 0.6 is 0 Å². The van der Waals surface area contributed by atoms with Gasteiger partial charge >= 0.3 is 0 Å². The number of amides is 1. The summed E-state index contributed by atoms with van der Waals surface area (Å²) < 4.78 is 22.2. The van der Waals surface area contributed by atoms with E-state index in [0.717, 1.165) is 22.4 Å². The third kappa shape index (κ3) is 5.13. The molecule has 0 aliphatic carbocycles. The molecule has 4 aromatic rings. The molecule has 0 atom stereocenters. The third-order valence-electron chi connectivity index (χ3n) is 4.56. The Labute approximate surface area is 178 Å². The molecule has 2 aromatic heterocycles. The van der Waals surface area contributed by atoms with E-state index < -0.39 is 5.91 Å². The minimum Gasteiger partial charge on any atom is -0.471 e. The molecule has 0 radical (unpaired) electrons. The Bertz CT molecular complexity index is 1220. The first-order valence-electron chi connectivity index (χ1n) is 9.65. The van der Waals surface area contributed by atoms with E-state index in [-0.39, 0.29) is 24.2 Å². The molecule has 0 spiro atoms. The maximum absolute atomic E-state index is 13.3. The Morgan fingerprint density at radius 3 is 2.81 bits per heavy atom. The Hall–Kier alpha value is -4.01. The summed E-state index contributed by atoms with van der Waals surface area (Å²) in [5.74, 6) is 0.161. The average molecular weight is 420 g/mol. The lowest BCUT2D eigenvalue weighted by molar-refractivity contribution is 0.101. The predicted octanol–water partition coefficient (Wildman–Crippen LogP) is 3.57. The number of hydrogen-bond acceptors (Lipinski definition) is 5. The van der Waals surface area contributed by atoms with Gasteiger partial charge in [-0.1, -0.05) is 24.3 Å². The van der Waals surface area contributed by atoms with E-state index in [9.17, 15) is 9.18 Å². The van der Waals surface area contributed by atoms with Crippen LogP contribution in [0.15, 0.2) is 61.1 Å². The van der Waals surface area contributed by atoms with Crippen molar-refractivity contribution in [1.29, 1.82) is 0 Å². The number of rotatable bonds is 7. The van der Waals surface area contributed by atoms with Crippen LogP contribution in [0.5, 0.6) is 5.75 Å². The van der Waals surface area contributed by atoms with Gasteiger partial charge in [-0.15, -0.1) is 5.10 Å². The molecule has 0 fully saturated rings. The highest BCUT2D eigenvalue weighted by atomic mass is 19.1. The number of carbonyl (C=O) groups excluding carboxylic acids is 1. The van der Waals surface area contributed by atoms with Gasteiger partial charge < -0.3 is 4.74 Å². The SMILES string of the molecule is Cc1ccc(C)c(OCn2ccc(C(=O)Nc3ncn(Cc4cccc(F)c4)n3)n2)c1. The van der Waals surface area contributed by atoms with Gasteiger partial charge in [0.2, 0.25) is 5.95 Å². The zero-order valence-electron chi connectivity index (χ0n) is 17.1. The summed E-state index contributed by atoms with van der Waals surface area (Å²) in [5, 5.41) is 11.0. The normalized spacial score (nSPS) is 10.8. The van der Waals surface area contributed by atoms with Gasteiger partial charge in [-0.3, -0.25) is 10.1 Å². The van der Waals surface area contributed by atoms with Crippen molar-refractivity contribution in [1.82, 2.24) is 24.5 Å². The van der Waals surface area contributed by atoms with Crippen molar-refractivity contribution in [3.8, 4) is 5.75 Å². The van der Waals surface area contributed by atoms with Crippen LogP contribution in [0.4, 0.5) is 10.3 Å². The molecule has 4 rings (SSSR count). The number of aryl methyl sites for hydroxylation is 2. The zero-order chi connectivity index (χ0) is 21.8. The minimum absolute atomic E-state index is 0.141. The molecule has 8 nitrogen and oxygen atoms in total. The Balaban J connectivity index is 1.35. The molecule has 2 heterocycles. The molecule has 0 aliphatic heterocycles. The lowest BCUT2D eigenvalue weighted by atomic mass is 10.1. The number of aromatic nitrogens is 5. The van der Waals surface area contributed by atoms with Crippen molar-refractivity contribution in [2.45, 2.75) is 27.1 Å². The Morgan fingerprint density at radius 2 is 1.97 bits per heavy atom. The molecule has 158 valence electrons. The van der Waals surface area contributed by atoms with E-state index >= 15 is 0 Å². The largest absolute Gasteiger partial charge is 0.471 e. The van der Waals surface area contributed by atoms with Crippen LogP contribution in [0.1, 0.15) is 27.2 Å². The maximum atomic E-state index is 13.3. The molecule has 1 amide bonds. The summed E-state index contributed by atoms with van der Waals surface area (Å²) in [5.41, 5.74) is 3.08.